The van der Waals surface area contributed by atoms with Crippen molar-refractivity contribution in [3.63, 3.8) is 0 Å². The molecule has 5 nitrogen and oxygen atoms in total. The second-order valence-electron chi connectivity index (χ2n) is 3.73. The van der Waals surface area contributed by atoms with E-state index in [1.807, 2.05) is 0 Å². The van der Waals surface area contributed by atoms with Crippen LogP contribution in [0.5, 0.6) is 5.75 Å². The summed E-state index contributed by atoms with van der Waals surface area (Å²) in [5.74, 6) is -1.71. The highest BCUT2D eigenvalue weighted by atomic mass is 19.1. The fourth-order valence-corrected chi connectivity index (χ4v) is 1.47. The molecule has 1 aromatic carbocycles. The number of benzene rings is 1. The highest BCUT2D eigenvalue weighted by Crippen LogP contribution is 2.25. The summed E-state index contributed by atoms with van der Waals surface area (Å²) in [6.07, 6.45) is -3.56. The maximum absolute atomic E-state index is 13.4. The summed E-state index contributed by atoms with van der Waals surface area (Å²) in [6.45, 7) is 1.76. The first-order valence-electron chi connectivity index (χ1n) is 5.45. The Hall–Kier alpha value is -1.66. The molecule has 0 spiro atoms. The van der Waals surface area contributed by atoms with Crippen LogP contribution in [0.1, 0.15) is 25.0 Å². The van der Waals surface area contributed by atoms with Crippen LogP contribution in [0.2, 0.25) is 0 Å². The minimum absolute atomic E-state index is 0.155. The van der Waals surface area contributed by atoms with Crippen molar-refractivity contribution in [2.75, 3.05) is 6.61 Å². The monoisotopic (exact) mass is 258 g/mol. The number of aliphatic hydroxyl groups is 2. The molecule has 0 aliphatic carbocycles. The van der Waals surface area contributed by atoms with Crippen LogP contribution < -0.4 is 0 Å². The lowest BCUT2D eigenvalue weighted by atomic mass is 10.0. The summed E-state index contributed by atoms with van der Waals surface area (Å²) in [5, 5.41) is 28.5. The highest BCUT2D eigenvalue weighted by molar-refractivity contribution is 5.70. The van der Waals surface area contributed by atoms with Crippen molar-refractivity contribution in [3.8, 4) is 5.75 Å². The van der Waals surface area contributed by atoms with Crippen LogP contribution in [0.3, 0.4) is 0 Å². The average molecular weight is 258 g/mol. The second kappa shape index (κ2) is 6.32. The van der Waals surface area contributed by atoms with E-state index in [4.69, 9.17) is 0 Å². The van der Waals surface area contributed by atoms with Crippen LogP contribution in [-0.4, -0.2) is 34.0 Å². The Morgan fingerprint density at radius 3 is 2.72 bits per heavy atom. The summed E-state index contributed by atoms with van der Waals surface area (Å²) >= 11 is 0. The number of halogens is 1. The SMILES string of the molecule is CCOC(=O)CC(O)C(O)c1cc(O)ccc1F. The highest BCUT2D eigenvalue weighted by Gasteiger charge is 2.24. The van der Waals surface area contributed by atoms with Crippen molar-refractivity contribution in [1.29, 1.82) is 0 Å². The molecule has 0 aliphatic heterocycles. The molecule has 0 amide bonds. The number of rotatable bonds is 5. The molecule has 6 heteroatoms. The summed E-state index contributed by atoms with van der Waals surface area (Å²) in [4.78, 5) is 11.1. The maximum Gasteiger partial charge on any atom is 0.308 e. The number of esters is 1. The van der Waals surface area contributed by atoms with Gasteiger partial charge in [0.05, 0.1) is 19.1 Å². The van der Waals surface area contributed by atoms with Crippen LogP contribution in [0.15, 0.2) is 18.2 Å². The Kier molecular flexibility index (Phi) is 5.06. The normalized spacial score (nSPS) is 14.0. The second-order valence-corrected chi connectivity index (χ2v) is 3.73. The summed E-state index contributed by atoms with van der Waals surface area (Å²) in [7, 11) is 0. The van der Waals surface area contributed by atoms with Crippen LogP contribution >= 0.6 is 0 Å². The number of phenols is 1. The molecule has 2 atom stereocenters. The van der Waals surface area contributed by atoms with Gasteiger partial charge in [-0.15, -0.1) is 0 Å². The number of aromatic hydroxyl groups is 1. The van der Waals surface area contributed by atoms with Gasteiger partial charge in [-0.1, -0.05) is 0 Å². The van der Waals surface area contributed by atoms with Crippen LogP contribution in [0, 0.1) is 5.82 Å². The smallest absolute Gasteiger partial charge is 0.308 e. The largest absolute Gasteiger partial charge is 0.508 e. The standard InChI is InChI=1S/C12H15FO5/c1-2-18-11(16)6-10(15)12(17)8-5-7(14)3-4-9(8)13/h3-5,10,12,14-15,17H,2,6H2,1H3. The van der Waals surface area contributed by atoms with Crippen LogP contribution in [-0.2, 0) is 9.53 Å². The number of hydrogen-bond donors (Lipinski definition) is 3. The molecule has 2 unspecified atom stereocenters. The van der Waals surface area contributed by atoms with Gasteiger partial charge in [-0.3, -0.25) is 4.79 Å². The average Bonchev–Trinajstić information content (AvgIpc) is 2.31. The van der Waals surface area contributed by atoms with Crippen molar-refractivity contribution in [2.45, 2.75) is 25.6 Å². The molecule has 3 N–H and O–H groups in total. The molecule has 100 valence electrons. The van der Waals surface area contributed by atoms with Crippen LogP contribution in [0.4, 0.5) is 4.39 Å². The maximum atomic E-state index is 13.4. The topological polar surface area (TPSA) is 87.0 Å². The molecule has 0 aromatic heterocycles. The van der Waals surface area contributed by atoms with Gasteiger partial charge in [0.1, 0.15) is 17.7 Å². The molecule has 1 aromatic rings. The molecule has 0 bridgehead atoms. The van der Waals surface area contributed by atoms with Crippen molar-refractivity contribution in [3.05, 3.63) is 29.6 Å². The quantitative estimate of drug-likeness (QED) is 0.682. The first-order valence-corrected chi connectivity index (χ1v) is 5.45. The molecular formula is C12H15FO5. The van der Waals surface area contributed by atoms with Gasteiger partial charge < -0.3 is 20.1 Å². The molecule has 0 heterocycles. The van der Waals surface area contributed by atoms with Crippen molar-refractivity contribution in [1.82, 2.24) is 0 Å². The number of phenolic OH excluding ortho intramolecular Hbond substituents is 1. The molecule has 0 saturated heterocycles. The van der Waals surface area contributed by atoms with Crippen molar-refractivity contribution < 1.29 is 29.2 Å². The third-order valence-corrected chi connectivity index (χ3v) is 2.34. The number of carbonyl (C=O) groups excluding carboxylic acids is 1. The number of carbonyl (C=O) groups is 1. The fraction of sp³-hybridized carbons (Fsp3) is 0.417. The van der Waals surface area contributed by atoms with E-state index in [-0.39, 0.29) is 17.9 Å². The van der Waals surface area contributed by atoms with Gasteiger partial charge in [0.2, 0.25) is 0 Å². The minimum atomic E-state index is -1.61. The van der Waals surface area contributed by atoms with Gasteiger partial charge in [0.25, 0.3) is 0 Å². The van der Waals surface area contributed by atoms with Crippen LogP contribution in [0.25, 0.3) is 0 Å². The van der Waals surface area contributed by atoms with E-state index >= 15 is 0 Å². The molecular weight excluding hydrogens is 243 g/mol. The Morgan fingerprint density at radius 2 is 2.11 bits per heavy atom. The van der Waals surface area contributed by atoms with E-state index in [2.05, 4.69) is 4.74 Å². The molecule has 0 fully saturated rings. The van der Waals surface area contributed by atoms with Gasteiger partial charge >= 0.3 is 5.97 Å². The first-order chi connectivity index (χ1) is 8.45. The van der Waals surface area contributed by atoms with E-state index in [9.17, 15) is 24.5 Å². The predicted molar refractivity (Wildman–Crippen MR) is 60.3 cm³/mol. The summed E-state index contributed by atoms with van der Waals surface area (Å²) in [6, 6.07) is 3.07. The van der Waals surface area contributed by atoms with E-state index in [0.29, 0.717) is 0 Å². The lowest BCUT2D eigenvalue weighted by Crippen LogP contribution is -2.23. The molecule has 0 radical (unpaired) electrons. The third-order valence-electron chi connectivity index (χ3n) is 2.34. The zero-order valence-electron chi connectivity index (χ0n) is 9.84. The van der Waals surface area contributed by atoms with Gasteiger partial charge in [-0.05, 0) is 25.1 Å². The van der Waals surface area contributed by atoms with E-state index in [1.54, 1.807) is 6.92 Å². The first kappa shape index (κ1) is 14.4. The molecule has 1 rings (SSSR count). The van der Waals surface area contributed by atoms with E-state index in [0.717, 1.165) is 18.2 Å². The number of ether oxygens (including phenoxy) is 1. The van der Waals surface area contributed by atoms with Gasteiger partial charge in [-0.2, -0.15) is 0 Å². The lowest BCUT2D eigenvalue weighted by Gasteiger charge is -2.18. The van der Waals surface area contributed by atoms with Gasteiger partial charge in [-0.25, -0.2) is 4.39 Å². The molecule has 0 saturated carbocycles. The van der Waals surface area contributed by atoms with Crippen molar-refractivity contribution in [2.24, 2.45) is 0 Å². The molecule has 0 aliphatic rings. The molecule has 18 heavy (non-hydrogen) atoms. The Balaban J connectivity index is 2.76. The van der Waals surface area contributed by atoms with E-state index < -0.39 is 30.4 Å². The Labute approximate surface area is 103 Å². The van der Waals surface area contributed by atoms with Crippen molar-refractivity contribution >= 4 is 5.97 Å². The Bertz CT molecular complexity index is 421. The number of hydrogen-bond acceptors (Lipinski definition) is 5. The minimum Gasteiger partial charge on any atom is -0.508 e. The summed E-state index contributed by atoms with van der Waals surface area (Å²) in [5.41, 5.74) is -0.271. The Morgan fingerprint density at radius 1 is 1.44 bits per heavy atom. The number of aliphatic hydroxyl groups excluding tert-OH is 2. The van der Waals surface area contributed by atoms with E-state index in [1.165, 1.54) is 0 Å². The summed E-state index contributed by atoms with van der Waals surface area (Å²) < 4.78 is 18.0. The van der Waals surface area contributed by atoms with Gasteiger partial charge in [0.15, 0.2) is 0 Å². The zero-order valence-corrected chi connectivity index (χ0v) is 9.84. The predicted octanol–water partition coefficient (Wildman–Crippen LogP) is 0.879. The zero-order chi connectivity index (χ0) is 13.7. The fourth-order valence-electron chi connectivity index (χ4n) is 1.47. The van der Waals surface area contributed by atoms with Gasteiger partial charge in [0, 0.05) is 5.56 Å². The lowest BCUT2D eigenvalue weighted by molar-refractivity contribution is -0.147. The third kappa shape index (κ3) is 3.68.